The minimum absolute atomic E-state index is 0.0289. The molecule has 2 atom stereocenters. The van der Waals surface area contributed by atoms with Crippen LogP contribution in [0.4, 0.5) is 0 Å². The second-order valence-electron chi connectivity index (χ2n) is 7.65. The van der Waals surface area contributed by atoms with Crippen LogP contribution in [0.3, 0.4) is 0 Å². The number of halogens is 1. The molecule has 0 spiro atoms. The van der Waals surface area contributed by atoms with Crippen LogP contribution in [-0.4, -0.2) is 35.7 Å². The van der Waals surface area contributed by atoms with E-state index in [4.69, 9.17) is 16.3 Å². The molecule has 1 aromatic carbocycles. The topological polar surface area (TPSA) is 46.6 Å². The number of ether oxygens (including phenoxy) is 1. The summed E-state index contributed by atoms with van der Waals surface area (Å²) >= 11 is 7.65. The number of nitrogens with zero attached hydrogens (tertiary/aromatic N) is 1. The average Bonchev–Trinajstić information content (AvgIpc) is 3.33. The number of esters is 1. The smallest absolute Gasteiger partial charge is 0.329 e. The van der Waals surface area contributed by atoms with Gasteiger partial charge in [-0.3, -0.25) is 9.69 Å². The van der Waals surface area contributed by atoms with Crippen molar-refractivity contribution in [1.29, 1.82) is 0 Å². The van der Waals surface area contributed by atoms with E-state index in [1.807, 2.05) is 24.3 Å². The molecule has 1 saturated carbocycles. The van der Waals surface area contributed by atoms with Gasteiger partial charge in [0.25, 0.3) is 0 Å². The maximum atomic E-state index is 13.0. The van der Waals surface area contributed by atoms with Crippen molar-refractivity contribution in [2.24, 2.45) is 11.3 Å². The Kier molecular flexibility index (Phi) is 4.56. The Morgan fingerprint density at radius 1 is 1.35 bits per heavy atom. The summed E-state index contributed by atoms with van der Waals surface area (Å²) in [5, 5.41) is 1.73. The van der Waals surface area contributed by atoms with Crippen molar-refractivity contribution in [3.63, 3.8) is 0 Å². The third-order valence-electron chi connectivity index (χ3n) is 5.57. The number of thioether (sulfide) groups is 1. The van der Waals surface area contributed by atoms with Gasteiger partial charge in [0.1, 0.15) is 6.04 Å². The monoisotopic (exact) mass is 391 g/mol. The Morgan fingerprint density at radius 3 is 2.65 bits per heavy atom. The Hall–Kier alpha value is -1.46. The Balaban J connectivity index is 1.72. The zero-order chi connectivity index (χ0) is 18.5. The van der Waals surface area contributed by atoms with Crippen molar-refractivity contribution >= 4 is 35.2 Å². The quantitative estimate of drug-likeness (QED) is 0.727. The minimum Gasteiger partial charge on any atom is -0.467 e. The maximum Gasteiger partial charge on any atom is 0.329 e. The summed E-state index contributed by atoms with van der Waals surface area (Å²) in [5.41, 5.74) is 2.34. The first-order valence-corrected chi connectivity index (χ1v) is 10.3. The van der Waals surface area contributed by atoms with E-state index in [2.05, 4.69) is 6.92 Å². The van der Waals surface area contributed by atoms with Gasteiger partial charge in [-0.2, -0.15) is 0 Å². The van der Waals surface area contributed by atoms with Crippen LogP contribution in [-0.2, 0) is 20.7 Å². The Morgan fingerprint density at radius 2 is 2.04 bits per heavy atom. The van der Waals surface area contributed by atoms with Gasteiger partial charge in [0.2, 0.25) is 5.91 Å². The van der Waals surface area contributed by atoms with Crippen molar-refractivity contribution in [2.75, 3.05) is 12.9 Å². The molecular weight excluding hydrogens is 370 g/mol. The lowest BCUT2D eigenvalue weighted by molar-refractivity contribution is -0.150. The van der Waals surface area contributed by atoms with E-state index in [0.29, 0.717) is 18.1 Å². The van der Waals surface area contributed by atoms with E-state index < -0.39 is 6.04 Å². The summed E-state index contributed by atoms with van der Waals surface area (Å²) in [6.07, 6.45) is 3.57. The fraction of sp³-hybridized carbons (Fsp3) is 0.500. The summed E-state index contributed by atoms with van der Waals surface area (Å²) in [6, 6.07) is 7.40. The second-order valence-corrected chi connectivity index (χ2v) is 9.09. The molecule has 2 heterocycles. The van der Waals surface area contributed by atoms with Crippen LogP contribution in [0.25, 0.3) is 0 Å². The number of carbonyl (C=O) groups is 2. The number of amides is 1. The van der Waals surface area contributed by atoms with Crippen molar-refractivity contribution < 1.29 is 14.3 Å². The van der Waals surface area contributed by atoms with Crippen molar-refractivity contribution in [1.82, 2.24) is 4.90 Å². The van der Waals surface area contributed by atoms with Gasteiger partial charge >= 0.3 is 5.97 Å². The van der Waals surface area contributed by atoms with Crippen LogP contribution >= 0.6 is 23.4 Å². The molecule has 0 radical (unpaired) electrons. The van der Waals surface area contributed by atoms with E-state index in [1.54, 1.807) is 16.7 Å². The zero-order valence-electron chi connectivity index (χ0n) is 15.0. The van der Waals surface area contributed by atoms with Gasteiger partial charge in [0.05, 0.1) is 12.1 Å². The molecule has 4 rings (SSSR count). The van der Waals surface area contributed by atoms with Crippen molar-refractivity contribution in [3.05, 3.63) is 45.5 Å². The van der Waals surface area contributed by atoms with E-state index in [1.165, 1.54) is 31.1 Å². The van der Waals surface area contributed by atoms with Crippen LogP contribution in [0.5, 0.6) is 0 Å². The SMILES string of the molecule is COC(=O)[C@@H]1CSC2=C(C3CC3)C(C)(Cc3ccc(Cl)cc3)CC(=O)N21. The number of rotatable bonds is 4. The summed E-state index contributed by atoms with van der Waals surface area (Å²) in [6.45, 7) is 2.20. The molecule has 2 fully saturated rings. The van der Waals surface area contributed by atoms with Crippen LogP contribution < -0.4 is 0 Å². The number of carbonyl (C=O) groups excluding carboxylic acids is 2. The van der Waals surface area contributed by atoms with Gasteiger partial charge in [0, 0.05) is 22.6 Å². The molecular formula is C20H22ClNO3S. The number of allylic oxidation sites excluding steroid dienone is 1. The molecule has 1 aliphatic carbocycles. The summed E-state index contributed by atoms with van der Waals surface area (Å²) in [4.78, 5) is 26.8. The van der Waals surface area contributed by atoms with Gasteiger partial charge in [-0.05, 0) is 48.4 Å². The number of methoxy groups -OCH3 is 1. The largest absolute Gasteiger partial charge is 0.467 e. The molecule has 1 saturated heterocycles. The highest BCUT2D eigenvalue weighted by atomic mass is 35.5. The van der Waals surface area contributed by atoms with Gasteiger partial charge in [-0.1, -0.05) is 30.7 Å². The molecule has 26 heavy (non-hydrogen) atoms. The molecule has 0 N–H and O–H groups in total. The predicted octanol–water partition coefficient (Wildman–Crippen LogP) is 4.03. The molecule has 6 heteroatoms. The zero-order valence-corrected chi connectivity index (χ0v) is 16.5. The van der Waals surface area contributed by atoms with E-state index in [0.717, 1.165) is 16.5 Å². The van der Waals surface area contributed by atoms with Crippen LogP contribution in [0, 0.1) is 11.3 Å². The van der Waals surface area contributed by atoms with Crippen molar-refractivity contribution in [3.8, 4) is 0 Å². The number of fused-ring (bicyclic) bond motifs is 1. The fourth-order valence-corrected chi connectivity index (χ4v) is 5.93. The molecule has 0 aromatic heterocycles. The molecule has 0 bridgehead atoms. The van der Waals surface area contributed by atoms with Crippen molar-refractivity contribution in [2.45, 2.75) is 38.6 Å². The summed E-state index contributed by atoms with van der Waals surface area (Å²) < 4.78 is 4.92. The lowest BCUT2D eigenvalue weighted by atomic mass is 9.70. The lowest BCUT2D eigenvalue weighted by Gasteiger charge is -2.41. The van der Waals surface area contributed by atoms with Gasteiger partial charge in [0.15, 0.2) is 0 Å². The fourth-order valence-electron chi connectivity index (χ4n) is 4.27. The predicted molar refractivity (Wildman–Crippen MR) is 103 cm³/mol. The summed E-state index contributed by atoms with van der Waals surface area (Å²) in [7, 11) is 1.38. The normalized spacial score (nSPS) is 28.3. The summed E-state index contributed by atoms with van der Waals surface area (Å²) in [5.74, 6) is 0.821. The van der Waals surface area contributed by atoms with Crippen LogP contribution in [0.15, 0.2) is 34.9 Å². The molecule has 138 valence electrons. The highest BCUT2D eigenvalue weighted by Gasteiger charge is 2.52. The molecule has 1 amide bonds. The first kappa shape index (κ1) is 17.9. The first-order valence-electron chi connectivity index (χ1n) is 8.95. The second kappa shape index (κ2) is 6.61. The Labute approximate surface area is 162 Å². The number of benzene rings is 1. The van der Waals surface area contributed by atoms with E-state index in [9.17, 15) is 9.59 Å². The van der Waals surface area contributed by atoms with E-state index in [-0.39, 0.29) is 17.3 Å². The first-order chi connectivity index (χ1) is 12.4. The minimum atomic E-state index is -0.485. The highest BCUT2D eigenvalue weighted by molar-refractivity contribution is 8.03. The van der Waals surface area contributed by atoms with E-state index >= 15 is 0 Å². The highest BCUT2D eigenvalue weighted by Crippen LogP contribution is 2.56. The Bertz CT molecular complexity index is 787. The molecule has 2 aliphatic heterocycles. The standard InChI is InChI=1S/C20H22ClNO3S/c1-20(9-12-3-7-14(21)8-4-12)10-16(23)22-15(19(24)25-2)11-26-18(22)17(20)13-5-6-13/h3-4,7-8,13,15H,5-6,9-11H2,1-2H3/t15-,20?/m0/s1. The third-order valence-corrected chi connectivity index (χ3v) is 6.99. The molecule has 4 nitrogen and oxygen atoms in total. The number of hydrogen-bond acceptors (Lipinski definition) is 4. The third kappa shape index (κ3) is 3.05. The molecule has 3 aliphatic rings. The average molecular weight is 392 g/mol. The van der Waals surface area contributed by atoms with Crippen LogP contribution in [0.1, 0.15) is 31.7 Å². The maximum absolute atomic E-state index is 13.0. The molecule has 1 unspecified atom stereocenters. The van der Waals surface area contributed by atoms with Gasteiger partial charge < -0.3 is 4.74 Å². The number of hydrogen-bond donors (Lipinski definition) is 0. The van der Waals surface area contributed by atoms with Gasteiger partial charge in [-0.25, -0.2) is 4.79 Å². The van der Waals surface area contributed by atoms with Gasteiger partial charge in [-0.15, -0.1) is 11.8 Å². The molecule has 1 aromatic rings. The lowest BCUT2D eigenvalue weighted by Crippen LogP contribution is -2.48. The van der Waals surface area contributed by atoms with Crippen LogP contribution in [0.2, 0.25) is 5.02 Å².